The summed E-state index contributed by atoms with van der Waals surface area (Å²) in [5.74, 6) is 0.578. The van der Waals surface area contributed by atoms with Crippen molar-refractivity contribution >= 4 is 5.91 Å². The first-order chi connectivity index (χ1) is 9.72. The molecule has 0 radical (unpaired) electrons. The highest BCUT2D eigenvalue weighted by Crippen LogP contribution is 2.19. The third-order valence-electron chi connectivity index (χ3n) is 3.50. The third kappa shape index (κ3) is 2.72. The molecule has 0 atom stereocenters. The van der Waals surface area contributed by atoms with E-state index in [0.717, 1.165) is 18.7 Å². The fourth-order valence-corrected chi connectivity index (χ4v) is 2.06. The zero-order chi connectivity index (χ0) is 13.9. The van der Waals surface area contributed by atoms with Gasteiger partial charge in [0.1, 0.15) is 5.69 Å². The summed E-state index contributed by atoms with van der Waals surface area (Å²) in [5.41, 5.74) is 2.81. The number of hydrogen-bond acceptors (Lipinski definition) is 4. The maximum atomic E-state index is 11.9. The number of nitrogens with one attached hydrogen (secondary N) is 2. The standard InChI is InChI=1S/C15H17N3O2/c1-10-2-4-12(5-3-10)13-6-14(20-18-13)15(19)17-9-11-7-16-8-11/h2-6,11,16H,7-9H2,1H3,(H,17,19). The Bertz CT molecular complexity index is 600. The maximum absolute atomic E-state index is 11.9. The number of hydrogen-bond donors (Lipinski definition) is 2. The molecule has 0 unspecified atom stereocenters. The van der Waals surface area contributed by atoms with E-state index in [1.54, 1.807) is 6.07 Å². The maximum Gasteiger partial charge on any atom is 0.289 e. The van der Waals surface area contributed by atoms with E-state index >= 15 is 0 Å². The molecule has 20 heavy (non-hydrogen) atoms. The second kappa shape index (κ2) is 5.46. The second-order valence-corrected chi connectivity index (χ2v) is 5.18. The minimum atomic E-state index is -0.206. The van der Waals surface area contributed by atoms with E-state index in [9.17, 15) is 4.79 Å². The average Bonchev–Trinajstić information content (AvgIpc) is 2.87. The van der Waals surface area contributed by atoms with Gasteiger partial charge in [-0.25, -0.2) is 0 Å². The van der Waals surface area contributed by atoms with E-state index in [2.05, 4.69) is 15.8 Å². The van der Waals surface area contributed by atoms with Gasteiger partial charge in [0.05, 0.1) is 0 Å². The highest BCUT2D eigenvalue weighted by Gasteiger charge is 2.19. The van der Waals surface area contributed by atoms with Gasteiger partial charge in [-0.1, -0.05) is 35.0 Å². The molecule has 5 nitrogen and oxygen atoms in total. The summed E-state index contributed by atoms with van der Waals surface area (Å²) >= 11 is 0. The number of carbonyl (C=O) groups is 1. The summed E-state index contributed by atoms with van der Waals surface area (Å²) in [6.45, 7) is 4.63. The molecule has 1 saturated heterocycles. The summed E-state index contributed by atoms with van der Waals surface area (Å²) in [4.78, 5) is 11.9. The Morgan fingerprint density at radius 2 is 2.15 bits per heavy atom. The molecular formula is C15H17N3O2. The Balaban J connectivity index is 1.66. The number of amides is 1. The van der Waals surface area contributed by atoms with E-state index in [1.165, 1.54) is 5.56 Å². The van der Waals surface area contributed by atoms with Crippen LogP contribution >= 0.6 is 0 Å². The van der Waals surface area contributed by atoms with Gasteiger partial charge in [-0.3, -0.25) is 4.79 Å². The number of benzene rings is 1. The number of nitrogens with zero attached hydrogens (tertiary/aromatic N) is 1. The second-order valence-electron chi connectivity index (χ2n) is 5.18. The van der Waals surface area contributed by atoms with Crippen LogP contribution in [0.4, 0.5) is 0 Å². The van der Waals surface area contributed by atoms with Crippen LogP contribution in [0.5, 0.6) is 0 Å². The highest BCUT2D eigenvalue weighted by atomic mass is 16.5. The van der Waals surface area contributed by atoms with Crippen LogP contribution in [-0.4, -0.2) is 30.7 Å². The molecule has 3 rings (SSSR count). The number of aromatic nitrogens is 1. The molecule has 0 bridgehead atoms. The highest BCUT2D eigenvalue weighted by molar-refractivity contribution is 5.92. The first-order valence-electron chi connectivity index (χ1n) is 6.75. The Kier molecular flexibility index (Phi) is 3.52. The zero-order valence-corrected chi connectivity index (χ0v) is 11.3. The molecule has 2 heterocycles. The molecule has 1 aliphatic heterocycles. The Morgan fingerprint density at radius 1 is 1.40 bits per heavy atom. The van der Waals surface area contributed by atoms with Gasteiger partial charge in [0.25, 0.3) is 5.91 Å². The fraction of sp³-hybridized carbons (Fsp3) is 0.333. The van der Waals surface area contributed by atoms with Crippen molar-refractivity contribution in [2.75, 3.05) is 19.6 Å². The van der Waals surface area contributed by atoms with Gasteiger partial charge in [0.15, 0.2) is 0 Å². The summed E-state index contributed by atoms with van der Waals surface area (Å²) in [5, 5.41) is 9.98. The lowest BCUT2D eigenvalue weighted by molar-refractivity contribution is 0.0905. The molecule has 5 heteroatoms. The van der Waals surface area contributed by atoms with Crippen LogP contribution in [0.2, 0.25) is 0 Å². The predicted molar refractivity (Wildman–Crippen MR) is 75.4 cm³/mol. The zero-order valence-electron chi connectivity index (χ0n) is 11.3. The summed E-state index contributed by atoms with van der Waals surface area (Å²) in [7, 11) is 0. The first kappa shape index (κ1) is 12.9. The van der Waals surface area contributed by atoms with Gasteiger partial charge in [-0.2, -0.15) is 0 Å². The molecule has 0 spiro atoms. The van der Waals surface area contributed by atoms with E-state index in [-0.39, 0.29) is 11.7 Å². The van der Waals surface area contributed by atoms with Crippen LogP contribution in [0.25, 0.3) is 11.3 Å². The predicted octanol–water partition coefficient (Wildman–Crippen LogP) is 1.60. The van der Waals surface area contributed by atoms with Gasteiger partial charge in [0.2, 0.25) is 5.76 Å². The van der Waals surface area contributed by atoms with Crippen molar-refractivity contribution in [1.82, 2.24) is 15.8 Å². The minimum absolute atomic E-state index is 0.206. The molecule has 1 aromatic heterocycles. The van der Waals surface area contributed by atoms with E-state index in [0.29, 0.717) is 18.2 Å². The lowest BCUT2D eigenvalue weighted by atomic mass is 10.0. The van der Waals surface area contributed by atoms with E-state index in [4.69, 9.17) is 4.52 Å². The first-order valence-corrected chi connectivity index (χ1v) is 6.75. The SMILES string of the molecule is Cc1ccc(-c2cc(C(=O)NCC3CNC3)on2)cc1. The summed E-state index contributed by atoms with van der Waals surface area (Å²) in [6.07, 6.45) is 0. The normalized spacial score (nSPS) is 14.8. The number of rotatable bonds is 4. The lowest BCUT2D eigenvalue weighted by Gasteiger charge is -2.26. The third-order valence-corrected chi connectivity index (χ3v) is 3.50. The van der Waals surface area contributed by atoms with Crippen molar-refractivity contribution in [3.8, 4) is 11.3 Å². The Hall–Kier alpha value is -2.14. The van der Waals surface area contributed by atoms with Gasteiger partial charge >= 0.3 is 0 Å². The molecular weight excluding hydrogens is 254 g/mol. The topological polar surface area (TPSA) is 67.2 Å². The molecule has 104 valence electrons. The molecule has 1 aromatic carbocycles. The largest absolute Gasteiger partial charge is 0.350 e. The monoisotopic (exact) mass is 271 g/mol. The van der Waals surface area contributed by atoms with Crippen LogP contribution < -0.4 is 10.6 Å². The molecule has 1 aliphatic rings. The lowest BCUT2D eigenvalue weighted by Crippen LogP contribution is -2.48. The summed E-state index contributed by atoms with van der Waals surface area (Å²) in [6, 6.07) is 9.63. The van der Waals surface area contributed by atoms with E-state index in [1.807, 2.05) is 31.2 Å². The van der Waals surface area contributed by atoms with Crippen molar-refractivity contribution in [2.24, 2.45) is 5.92 Å². The average molecular weight is 271 g/mol. The van der Waals surface area contributed by atoms with Crippen molar-refractivity contribution in [3.63, 3.8) is 0 Å². The van der Waals surface area contributed by atoms with Crippen LogP contribution in [0.1, 0.15) is 16.1 Å². The molecule has 1 fully saturated rings. The van der Waals surface area contributed by atoms with Gasteiger partial charge in [-0.05, 0) is 6.92 Å². The fourth-order valence-electron chi connectivity index (χ4n) is 2.06. The van der Waals surface area contributed by atoms with Crippen LogP contribution in [0.15, 0.2) is 34.9 Å². The van der Waals surface area contributed by atoms with Gasteiger partial charge in [0, 0.05) is 37.2 Å². The van der Waals surface area contributed by atoms with Crippen molar-refractivity contribution in [1.29, 1.82) is 0 Å². The van der Waals surface area contributed by atoms with Crippen molar-refractivity contribution in [2.45, 2.75) is 6.92 Å². The molecule has 2 N–H and O–H groups in total. The number of aryl methyl sites for hydroxylation is 1. The van der Waals surface area contributed by atoms with Gasteiger partial charge in [-0.15, -0.1) is 0 Å². The quantitative estimate of drug-likeness (QED) is 0.886. The number of carbonyl (C=O) groups excluding carboxylic acids is 1. The van der Waals surface area contributed by atoms with E-state index < -0.39 is 0 Å². The van der Waals surface area contributed by atoms with Crippen LogP contribution in [-0.2, 0) is 0 Å². The van der Waals surface area contributed by atoms with Crippen LogP contribution in [0.3, 0.4) is 0 Å². The van der Waals surface area contributed by atoms with Crippen molar-refractivity contribution < 1.29 is 9.32 Å². The molecule has 2 aromatic rings. The van der Waals surface area contributed by atoms with Crippen LogP contribution in [0, 0.1) is 12.8 Å². The molecule has 1 amide bonds. The Morgan fingerprint density at radius 3 is 2.80 bits per heavy atom. The Labute approximate surface area is 117 Å². The molecule has 0 saturated carbocycles. The smallest absolute Gasteiger partial charge is 0.289 e. The van der Waals surface area contributed by atoms with Crippen molar-refractivity contribution in [3.05, 3.63) is 41.7 Å². The molecule has 0 aliphatic carbocycles. The summed E-state index contributed by atoms with van der Waals surface area (Å²) < 4.78 is 5.12. The van der Waals surface area contributed by atoms with Gasteiger partial charge < -0.3 is 15.2 Å². The minimum Gasteiger partial charge on any atom is -0.350 e.